The summed E-state index contributed by atoms with van der Waals surface area (Å²) in [6.07, 6.45) is 5.20. The number of hydrogen-bond donors (Lipinski definition) is 2. The van der Waals surface area contributed by atoms with Gasteiger partial charge in [-0.05, 0) is 37.0 Å². The van der Waals surface area contributed by atoms with Crippen molar-refractivity contribution in [2.75, 3.05) is 11.9 Å². The minimum absolute atomic E-state index is 0.0573. The molecular weight excluding hydrogens is 290 g/mol. The molecule has 5 heteroatoms. The Hall–Kier alpha value is -2.40. The normalized spacial score (nSPS) is 18.7. The van der Waals surface area contributed by atoms with Gasteiger partial charge in [-0.1, -0.05) is 30.3 Å². The number of hydrogen-bond acceptors (Lipinski definition) is 3. The fourth-order valence-electron chi connectivity index (χ4n) is 3.05. The van der Waals surface area contributed by atoms with E-state index in [1.807, 2.05) is 41.3 Å². The summed E-state index contributed by atoms with van der Waals surface area (Å²) >= 11 is 0. The molecular formula is C18H21N3O2. The van der Waals surface area contributed by atoms with Crippen LogP contribution in [-0.2, 0) is 0 Å². The number of rotatable bonds is 4. The van der Waals surface area contributed by atoms with E-state index in [9.17, 15) is 9.90 Å². The van der Waals surface area contributed by atoms with E-state index in [4.69, 9.17) is 0 Å². The van der Waals surface area contributed by atoms with Crippen LogP contribution in [0.5, 0.6) is 0 Å². The van der Waals surface area contributed by atoms with Gasteiger partial charge < -0.3 is 15.3 Å². The molecule has 0 bridgehead atoms. The van der Waals surface area contributed by atoms with Gasteiger partial charge in [-0.2, -0.15) is 0 Å². The van der Waals surface area contributed by atoms with Crippen LogP contribution in [0.3, 0.4) is 0 Å². The summed E-state index contributed by atoms with van der Waals surface area (Å²) in [7, 11) is 0. The molecule has 0 saturated carbocycles. The van der Waals surface area contributed by atoms with Crippen LogP contribution in [-0.4, -0.2) is 33.6 Å². The molecule has 23 heavy (non-hydrogen) atoms. The van der Waals surface area contributed by atoms with Gasteiger partial charge in [0.15, 0.2) is 0 Å². The van der Waals surface area contributed by atoms with Crippen LogP contribution in [0.1, 0.15) is 30.9 Å². The van der Waals surface area contributed by atoms with E-state index in [1.165, 1.54) is 0 Å². The lowest BCUT2D eigenvalue weighted by molar-refractivity contribution is 0.130. The first-order chi connectivity index (χ1) is 11.2. The fourth-order valence-corrected chi connectivity index (χ4v) is 3.05. The SMILES string of the molecule is O=C(Nc1cccnc1)N1CCCC1CC(O)c1ccccc1. The molecule has 2 unspecified atom stereocenters. The molecule has 120 valence electrons. The highest BCUT2D eigenvalue weighted by Gasteiger charge is 2.30. The van der Waals surface area contributed by atoms with E-state index in [1.54, 1.807) is 18.5 Å². The van der Waals surface area contributed by atoms with Crippen LogP contribution in [0.2, 0.25) is 0 Å². The van der Waals surface area contributed by atoms with E-state index >= 15 is 0 Å². The van der Waals surface area contributed by atoms with Crippen LogP contribution < -0.4 is 5.32 Å². The van der Waals surface area contributed by atoms with Crippen molar-refractivity contribution in [3.8, 4) is 0 Å². The maximum absolute atomic E-state index is 12.4. The van der Waals surface area contributed by atoms with Crippen molar-refractivity contribution in [2.24, 2.45) is 0 Å². The third-order valence-electron chi connectivity index (χ3n) is 4.23. The average molecular weight is 311 g/mol. The third-order valence-corrected chi connectivity index (χ3v) is 4.23. The van der Waals surface area contributed by atoms with Gasteiger partial charge in [-0.25, -0.2) is 4.79 Å². The summed E-state index contributed by atoms with van der Waals surface area (Å²) in [6, 6.07) is 13.1. The van der Waals surface area contributed by atoms with Gasteiger partial charge in [0, 0.05) is 18.8 Å². The summed E-state index contributed by atoms with van der Waals surface area (Å²) in [4.78, 5) is 18.3. The van der Waals surface area contributed by atoms with E-state index in [-0.39, 0.29) is 12.1 Å². The van der Waals surface area contributed by atoms with Gasteiger partial charge in [-0.3, -0.25) is 4.98 Å². The number of benzene rings is 1. The minimum Gasteiger partial charge on any atom is -0.388 e. The molecule has 2 aromatic rings. The predicted octanol–water partition coefficient (Wildman–Crippen LogP) is 3.20. The first kappa shape index (κ1) is 15.5. The standard InChI is InChI=1S/C18H21N3O2/c22-17(14-6-2-1-3-7-14)12-16-9-5-11-21(16)18(23)20-15-8-4-10-19-13-15/h1-4,6-8,10,13,16-17,22H,5,9,11-12H2,(H,20,23). The Balaban J connectivity index is 1.62. The van der Waals surface area contributed by atoms with Gasteiger partial charge in [0.2, 0.25) is 0 Å². The van der Waals surface area contributed by atoms with Gasteiger partial charge >= 0.3 is 6.03 Å². The lowest BCUT2D eigenvalue weighted by atomic mass is 10.0. The molecule has 2 N–H and O–H groups in total. The van der Waals surface area contributed by atoms with Crippen molar-refractivity contribution < 1.29 is 9.90 Å². The summed E-state index contributed by atoms with van der Waals surface area (Å²) in [6.45, 7) is 0.721. The lowest BCUT2D eigenvalue weighted by Gasteiger charge is -2.27. The largest absolute Gasteiger partial charge is 0.388 e. The smallest absolute Gasteiger partial charge is 0.322 e. The number of nitrogens with zero attached hydrogens (tertiary/aromatic N) is 2. The second kappa shape index (κ2) is 7.24. The molecule has 2 atom stereocenters. The molecule has 1 aromatic heterocycles. The quantitative estimate of drug-likeness (QED) is 0.911. The maximum atomic E-state index is 12.4. The Morgan fingerprint density at radius 1 is 1.30 bits per heavy atom. The topological polar surface area (TPSA) is 65.5 Å². The number of aromatic nitrogens is 1. The van der Waals surface area contributed by atoms with E-state index in [0.29, 0.717) is 12.1 Å². The Morgan fingerprint density at radius 3 is 2.87 bits per heavy atom. The Morgan fingerprint density at radius 2 is 2.13 bits per heavy atom. The number of likely N-dealkylation sites (tertiary alicyclic amines) is 1. The number of anilines is 1. The van der Waals surface area contributed by atoms with Crippen molar-refractivity contribution in [1.29, 1.82) is 0 Å². The molecule has 0 aliphatic carbocycles. The van der Waals surface area contributed by atoms with Crippen LogP contribution in [0, 0.1) is 0 Å². The number of pyridine rings is 1. The maximum Gasteiger partial charge on any atom is 0.322 e. The zero-order chi connectivity index (χ0) is 16.1. The molecule has 1 fully saturated rings. The number of aliphatic hydroxyl groups excluding tert-OH is 1. The summed E-state index contributed by atoms with van der Waals surface area (Å²) in [5.41, 5.74) is 1.58. The first-order valence-electron chi connectivity index (χ1n) is 7.94. The van der Waals surface area contributed by atoms with Gasteiger partial charge in [-0.15, -0.1) is 0 Å². The molecule has 2 amide bonds. The average Bonchev–Trinajstić information content (AvgIpc) is 3.05. The summed E-state index contributed by atoms with van der Waals surface area (Å²) < 4.78 is 0. The highest BCUT2D eigenvalue weighted by Crippen LogP contribution is 2.27. The Kier molecular flexibility index (Phi) is 4.88. The van der Waals surface area contributed by atoms with Crippen LogP contribution >= 0.6 is 0 Å². The summed E-state index contributed by atoms with van der Waals surface area (Å²) in [5, 5.41) is 13.3. The zero-order valence-electron chi connectivity index (χ0n) is 12.9. The minimum atomic E-state index is -0.548. The van der Waals surface area contributed by atoms with E-state index < -0.39 is 6.10 Å². The van der Waals surface area contributed by atoms with Crippen molar-refractivity contribution in [2.45, 2.75) is 31.4 Å². The molecule has 0 spiro atoms. The van der Waals surface area contributed by atoms with Crippen molar-refractivity contribution in [3.63, 3.8) is 0 Å². The Bertz CT molecular complexity index is 633. The molecule has 2 heterocycles. The molecule has 0 radical (unpaired) electrons. The number of carbonyl (C=O) groups excluding carboxylic acids is 1. The highest BCUT2D eigenvalue weighted by molar-refractivity contribution is 5.89. The highest BCUT2D eigenvalue weighted by atomic mass is 16.3. The van der Waals surface area contributed by atoms with Crippen molar-refractivity contribution in [3.05, 3.63) is 60.4 Å². The van der Waals surface area contributed by atoms with Crippen molar-refractivity contribution in [1.82, 2.24) is 9.88 Å². The molecule has 1 aliphatic rings. The van der Waals surface area contributed by atoms with Crippen LogP contribution in [0.25, 0.3) is 0 Å². The second-order valence-electron chi connectivity index (χ2n) is 5.82. The van der Waals surface area contributed by atoms with E-state index in [0.717, 1.165) is 24.9 Å². The predicted molar refractivity (Wildman–Crippen MR) is 89.0 cm³/mol. The first-order valence-corrected chi connectivity index (χ1v) is 7.94. The summed E-state index contributed by atoms with van der Waals surface area (Å²) in [5.74, 6) is 0. The third kappa shape index (κ3) is 3.87. The number of carbonyl (C=O) groups is 1. The van der Waals surface area contributed by atoms with Crippen molar-refractivity contribution >= 4 is 11.7 Å². The monoisotopic (exact) mass is 311 g/mol. The number of nitrogens with one attached hydrogen (secondary N) is 1. The lowest BCUT2D eigenvalue weighted by Crippen LogP contribution is -2.39. The molecule has 1 aromatic carbocycles. The molecule has 3 rings (SSSR count). The number of aliphatic hydroxyl groups is 1. The van der Waals surface area contributed by atoms with E-state index in [2.05, 4.69) is 10.3 Å². The van der Waals surface area contributed by atoms with Gasteiger partial charge in [0.1, 0.15) is 0 Å². The van der Waals surface area contributed by atoms with Gasteiger partial charge in [0.05, 0.1) is 18.0 Å². The fraction of sp³-hybridized carbons (Fsp3) is 0.333. The Labute approximate surface area is 136 Å². The second-order valence-corrected chi connectivity index (χ2v) is 5.82. The zero-order valence-corrected chi connectivity index (χ0v) is 12.9. The number of urea groups is 1. The van der Waals surface area contributed by atoms with Gasteiger partial charge in [0.25, 0.3) is 0 Å². The molecule has 1 saturated heterocycles. The number of amides is 2. The van der Waals surface area contributed by atoms with Crippen LogP contribution in [0.4, 0.5) is 10.5 Å². The van der Waals surface area contributed by atoms with Crippen LogP contribution in [0.15, 0.2) is 54.9 Å². The molecule has 5 nitrogen and oxygen atoms in total. The molecule has 1 aliphatic heterocycles.